The van der Waals surface area contributed by atoms with Gasteiger partial charge in [-0.2, -0.15) is 0 Å². The van der Waals surface area contributed by atoms with Gasteiger partial charge in [0.25, 0.3) is 0 Å². The van der Waals surface area contributed by atoms with Crippen molar-refractivity contribution in [2.75, 3.05) is 26.4 Å². The average Bonchev–Trinajstić information content (AvgIpc) is 2.97. The van der Waals surface area contributed by atoms with Crippen LogP contribution in [0, 0.1) is 11.2 Å². The molecule has 0 radical (unpaired) electrons. The fourth-order valence-electron chi connectivity index (χ4n) is 3.66. The lowest BCUT2D eigenvalue weighted by atomic mass is 9.97. The highest BCUT2D eigenvalue weighted by Gasteiger charge is 2.22. The largest absolute Gasteiger partial charge is 0.490 e. The van der Waals surface area contributed by atoms with Crippen molar-refractivity contribution >= 4 is 17.9 Å². The number of ether oxygens (including phenoxy) is 5. The number of hydrogen-bond donors (Lipinski definition) is 0. The first-order chi connectivity index (χ1) is 20.7. The van der Waals surface area contributed by atoms with E-state index >= 15 is 4.39 Å². The molecule has 8 nitrogen and oxygen atoms in total. The van der Waals surface area contributed by atoms with E-state index in [-0.39, 0.29) is 43.5 Å². The number of carbonyl (C=O) groups is 3. The van der Waals surface area contributed by atoms with E-state index in [0.717, 1.165) is 0 Å². The summed E-state index contributed by atoms with van der Waals surface area (Å²) in [7, 11) is 0. The summed E-state index contributed by atoms with van der Waals surface area (Å²) in [4.78, 5) is 35.5. The Morgan fingerprint density at radius 1 is 0.659 bits per heavy atom. The van der Waals surface area contributed by atoms with Crippen LogP contribution in [0.1, 0.15) is 34.6 Å². The van der Waals surface area contributed by atoms with Crippen LogP contribution in [0.3, 0.4) is 0 Å². The topological polar surface area (TPSA) is 97.4 Å². The van der Waals surface area contributed by atoms with E-state index in [0.29, 0.717) is 39.5 Å². The van der Waals surface area contributed by atoms with E-state index < -0.39 is 23.2 Å². The molecule has 3 rings (SSSR count). The van der Waals surface area contributed by atoms with Crippen LogP contribution in [0.2, 0.25) is 0 Å². The molecule has 3 aromatic rings. The van der Waals surface area contributed by atoms with Crippen LogP contribution in [0.15, 0.2) is 85.0 Å². The predicted molar refractivity (Wildman–Crippen MR) is 165 cm³/mol. The van der Waals surface area contributed by atoms with Gasteiger partial charge in [-0.15, -0.1) is 0 Å². The molecule has 0 heterocycles. The minimum atomic E-state index is -0.635. The second kappa shape index (κ2) is 15.0. The zero-order valence-electron chi connectivity index (χ0n) is 25.7. The van der Waals surface area contributed by atoms with Crippen LogP contribution in [0.4, 0.5) is 4.39 Å². The van der Waals surface area contributed by atoms with Crippen molar-refractivity contribution in [2.24, 2.45) is 5.41 Å². The fourth-order valence-corrected chi connectivity index (χ4v) is 3.66. The minimum absolute atomic E-state index is 0.00335. The zero-order valence-corrected chi connectivity index (χ0v) is 25.7. The number of esters is 3. The lowest BCUT2D eigenvalue weighted by molar-refractivity contribution is -0.153. The molecule has 0 bridgehead atoms. The predicted octanol–water partition coefficient (Wildman–Crippen LogP) is 7.11. The smallest absolute Gasteiger partial charge is 0.338 e. The van der Waals surface area contributed by atoms with Crippen molar-refractivity contribution in [1.29, 1.82) is 0 Å². The summed E-state index contributed by atoms with van der Waals surface area (Å²) in [5, 5.41) is 0. The lowest BCUT2D eigenvalue weighted by Crippen LogP contribution is -2.24. The van der Waals surface area contributed by atoms with Crippen molar-refractivity contribution in [2.45, 2.75) is 34.6 Å². The summed E-state index contributed by atoms with van der Waals surface area (Å²) < 4.78 is 42.6. The molecule has 0 aliphatic heterocycles. The van der Waals surface area contributed by atoms with Gasteiger partial charge in [0.15, 0.2) is 0 Å². The molecule has 0 fully saturated rings. The molecule has 0 saturated heterocycles. The highest BCUT2D eigenvalue weighted by molar-refractivity contribution is 5.89. The number of benzene rings is 3. The van der Waals surface area contributed by atoms with Gasteiger partial charge in [-0.25, -0.2) is 14.0 Å². The Morgan fingerprint density at radius 2 is 1.20 bits per heavy atom. The average molecular weight is 605 g/mol. The van der Waals surface area contributed by atoms with E-state index in [1.807, 2.05) is 0 Å². The maximum absolute atomic E-state index is 15.4. The van der Waals surface area contributed by atoms with Crippen LogP contribution < -0.4 is 14.2 Å². The molecular weight excluding hydrogens is 567 g/mol. The van der Waals surface area contributed by atoms with E-state index in [1.54, 1.807) is 89.2 Å². The molecule has 0 unspecified atom stereocenters. The number of rotatable bonds is 13. The third kappa shape index (κ3) is 9.83. The lowest BCUT2D eigenvalue weighted by Gasteiger charge is -2.17. The second-order valence-electron chi connectivity index (χ2n) is 11.1. The first kappa shape index (κ1) is 33.6. The summed E-state index contributed by atoms with van der Waals surface area (Å²) in [5.74, 6) is -0.737. The molecule has 0 N–H and O–H groups in total. The summed E-state index contributed by atoms with van der Waals surface area (Å²) in [5.41, 5.74) is 2.03. The Hall–Kier alpha value is -4.92. The van der Waals surface area contributed by atoms with Gasteiger partial charge in [-0.05, 0) is 81.6 Å². The van der Waals surface area contributed by atoms with Crippen LogP contribution in [-0.2, 0) is 23.9 Å². The molecule has 0 saturated carbocycles. The molecule has 0 amide bonds. The first-order valence-corrected chi connectivity index (χ1v) is 13.9. The minimum Gasteiger partial charge on any atom is -0.490 e. The summed E-state index contributed by atoms with van der Waals surface area (Å²) in [6.45, 7) is 15.7. The molecule has 0 aliphatic rings. The highest BCUT2D eigenvalue weighted by atomic mass is 19.1. The van der Waals surface area contributed by atoms with Crippen LogP contribution >= 0.6 is 0 Å². The molecular formula is C35H37FO8. The maximum atomic E-state index is 15.4. The van der Waals surface area contributed by atoms with E-state index in [2.05, 4.69) is 13.2 Å². The van der Waals surface area contributed by atoms with Crippen LogP contribution in [-0.4, -0.2) is 44.3 Å². The van der Waals surface area contributed by atoms with E-state index in [9.17, 15) is 14.4 Å². The Labute approximate surface area is 257 Å². The highest BCUT2D eigenvalue weighted by Crippen LogP contribution is 2.33. The molecule has 0 aliphatic carbocycles. The van der Waals surface area contributed by atoms with Crippen molar-refractivity contribution < 1.29 is 42.5 Å². The van der Waals surface area contributed by atoms with Crippen molar-refractivity contribution in [3.8, 4) is 39.5 Å². The number of halogens is 1. The Morgan fingerprint density at radius 3 is 1.73 bits per heavy atom. The van der Waals surface area contributed by atoms with Crippen LogP contribution in [0.25, 0.3) is 22.3 Å². The molecule has 3 aromatic carbocycles. The van der Waals surface area contributed by atoms with Gasteiger partial charge >= 0.3 is 17.9 Å². The summed E-state index contributed by atoms with van der Waals surface area (Å²) in [6.07, 6.45) is 0. The SMILES string of the molecule is C=C(C)C(=O)OCCOc1cc(OCCOC(=O)C(C)(C)C)cc(-c2ccc(-c3ccc(OC(=O)C(=C)C)cc3)c(F)c2)c1. The molecule has 0 atom stereocenters. The molecule has 44 heavy (non-hydrogen) atoms. The molecule has 0 aromatic heterocycles. The second-order valence-corrected chi connectivity index (χ2v) is 11.1. The van der Waals surface area contributed by atoms with Crippen molar-refractivity contribution in [3.63, 3.8) is 0 Å². The number of carbonyl (C=O) groups excluding carboxylic acids is 3. The van der Waals surface area contributed by atoms with Crippen molar-refractivity contribution in [3.05, 3.63) is 90.8 Å². The normalized spacial score (nSPS) is 10.9. The van der Waals surface area contributed by atoms with Crippen LogP contribution in [0.5, 0.6) is 17.2 Å². The standard InChI is InChI=1S/C35H37FO8/c1-22(2)32(37)42-16-14-40-28-18-26(19-29(21-28)41-15-17-43-34(39)35(5,6)7)25-10-13-30(31(36)20-25)24-8-11-27(12-9-24)44-33(38)23(3)4/h8-13,18-21H,1,3,14-17H2,2,4-7H3. The van der Waals surface area contributed by atoms with Gasteiger partial charge in [0.1, 0.15) is 49.5 Å². The third-order valence-electron chi connectivity index (χ3n) is 6.04. The molecule has 232 valence electrons. The van der Waals surface area contributed by atoms with E-state index in [1.165, 1.54) is 6.07 Å². The van der Waals surface area contributed by atoms with E-state index in [4.69, 9.17) is 23.7 Å². The Kier molecular flexibility index (Phi) is 11.4. The Balaban J connectivity index is 1.80. The van der Waals surface area contributed by atoms with Gasteiger partial charge in [-0.3, -0.25) is 4.79 Å². The first-order valence-electron chi connectivity index (χ1n) is 13.9. The fraction of sp³-hybridized carbons (Fsp3) is 0.286. The summed E-state index contributed by atoms with van der Waals surface area (Å²) in [6, 6.07) is 16.4. The monoisotopic (exact) mass is 604 g/mol. The Bertz CT molecular complexity index is 1530. The van der Waals surface area contributed by atoms with Gasteiger partial charge in [0, 0.05) is 22.8 Å². The summed E-state index contributed by atoms with van der Waals surface area (Å²) >= 11 is 0. The van der Waals surface area contributed by atoms with Gasteiger partial charge in [0.05, 0.1) is 5.41 Å². The quantitative estimate of drug-likeness (QED) is 0.0882. The third-order valence-corrected chi connectivity index (χ3v) is 6.04. The maximum Gasteiger partial charge on any atom is 0.338 e. The zero-order chi connectivity index (χ0) is 32.4. The van der Waals surface area contributed by atoms with Gasteiger partial charge in [-0.1, -0.05) is 37.4 Å². The molecule has 0 spiro atoms. The number of hydrogen-bond acceptors (Lipinski definition) is 8. The molecule has 9 heteroatoms. The van der Waals surface area contributed by atoms with Gasteiger partial charge < -0.3 is 23.7 Å². The van der Waals surface area contributed by atoms with Crippen molar-refractivity contribution in [1.82, 2.24) is 0 Å². The van der Waals surface area contributed by atoms with Gasteiger partial charge in [0.2, 0.25) is 0 Å².